The lowest BCUT2D eigenvalue weighted by Gasteiger charge is -2.10. The minimum absolute atomic E-state index is 0.0214. The van der Waals surface area contributed by atoms with E-state index in [0.29, 0.717) is 29.1 Å². The standard InChI is InChI=1S/C24H26N2O2S/c1-5-20-21(13-18-11-16(3)10-17(4)12-18)25-24(26-23(20)28)29-14-22(27)19-8-6-15(2)7-9-19/h6-12H,5,13-14H2,1-4H3,(H,25,26,28). The second-order valence-corrected chi connectivity index (χ2v) is 8.36. The normalized spacial score (nSPS) is 10.9. The van der Waals surface area contributed by atoms with Gasteiger partial charge in [0, 0.05) is 17.5 Å². The topological polar surface area (TPSA) is 62.8 Å². The average Bonchev–Trinajstić information content (AvgIpc) is 2.66. The summed E-state index contributed by atoms with van der Waals surface area (Å²) in [6.07, 6.45) is 1.23. The number of aromatic amines is 1. The number of carbonyl (C=O) groups is 1. The molecular formula is C24H26N2O2S. The Bertz CT molecular complexity index is 1060. The van der Waals surface area contributed by atoms with E-state index in [2.05, 4.69) is 37.0 Å². The number of rotatable bonds is 7. The highest BCUT2D eigenvalue weighted by atomic mass is 32.2. The lowest BCUT2D eigenvalue weighted by Crippen LogP contribution is -2.19. The molecule has 5 heteroatoms. The fourth-order valence-corrected chi connectivity index (χ4v) is 4.20. The van der Waals surface area contributed by atoms with Gasteiger partial charge in [0.15, 0.2) is 10.9 Å². The molecule has 4 nitrogen and oxygen atoms in total. The number of ketones is 1. The van der Waals surface area contributed by atoms with Crippen molar-refractivity contribution < 1.29 is 4.79 Å². The predicted molar refractivity (Wildman–Crippen MR) is 119 cm³/mol. The van der Waals surface area contributed by atoms with Crippen molar-refractivity contribution in [3.05, 3.63) is 91.9 Å². The number of nitrogens with zero attached hydrogens (tertiary/aromatic N) is 1. The van der Waals surface area contributed by atoms with E-state index in [1.54, 1.807) is 0 Å². The molecule has 1 heterocycles. The van der Waals surface area contributed by atoms with Crippen LogP contribution in [-0.2, 0) is 12.8 Å². The molecule has 0 radical (unpaired) electrons. The van der Waals surface area contributed by atoms with Crippen LogP contribution in [0.15, 0.2) is 52.4 Å². The summed E-state index contributed by atoms with van der Waals surface area (Å²) in [6, 6.07) is 13.9. The Morgan fingerprint density at radius 2 is 1.66 bits per heavy atom. The van der Waals surface area contributed by atoms with Crippen molar-refractivity contribution in [3.8, 4) is 0 Å². The molecule has 0 aliphatic carbocycles. The van der Waals surface area contributed by atoms with Gasteiger partial charge in [-0.25, -0.2) is 4.98 Å². The highest BCUT2D eigenvalue weighted by Crippen LogP contribution is 2.19. The van der Waals surface area contributed by atoms with Crippen LogP contribution in [0, 0.1) is 20.8 Å². The van der Waals surface area contributed by atoms with Crippen molar-refractivity contribution in [2.75, 3.05) is 5.75 Å². The zero-order valence-corrected chi connectivity index (χ0v) is 18.2. The van der Waals surface area contributed by atoms with Crippen molar-refractivity contribution in [2.45, 2.75) is 45.7 Å². The van der Waals surface area contributed by atoms with Crippen molar-refractivity contribution >= 4 is 17.5 Å². The first-order valence-corrected chi connectivity index (χ1v) is 10.8. The summed E-state index contributed by atoms with van der Waals surface area (Å²) in [4.78, 5) is 32.6. The molecule has 0 saturated heterocycles. The van der Waals surface area contributed by atoms with E-state index in [1.165, 1.54) is 22.9 Å². The van der Waals surface area contributed by atoms with Crippen LogP contribution >= 0.6 is 11.8 Å². The molecule has 0 amide bonds. The van der Waals surface area contributed by atoms with Crippen LogP contribution in [0.4, 0.5) is 0 Å². The van der Waals surface area contributed by atoms with E-state index in [4.69, 9.17) is 4.98 Å². The number of nitrogens with one attached hydrogen (secondary N) is 1. The number of hydrogen-bond donors (Lipinski definition) is 1. The Labute approximate surface area is 175 Å². The summed E-state index contributed by atoms with van der Waals surface area (Å²) in [5.41, 5.74) is 6.69. The molecule has 0 bridgehead atoms. The summed E-state index contributed by atoms with van der Waals surface area (Å²) in [6.45, 7) is 8.09. The molecule has 0 atom stereocenters. The number of carbonyl (C=O) groups excluding carboxylic acids is 1. The summed E-state index contributed by atoms with van der Waals surface area (Å²) >= 11 is 1.28. The third-order valence-corrected chi connectivity index (χ3v) is 5.67. The number of aryl methyl sites for hydroxylation is 3. The molecule has 1 N–H and O–H groups in total. The van der Waals surface area contributed by atoms with E-state index in [9.17, 15) is 9.59 Å². The Hall–Kier alpha value is -2.66. The van der Waals surface area contributed by atoms with Crippen LogP contribution in [0.3, 0.4) is 0 Å². The zero-order chi connectivity index (χ0) is 21.0. The van der Waals surface area contributed by atoms with Crippen LogP contribution in [-0.4, -0.2) is 21.5 Å². The molecule has 3 aromatic rings. The number of benzene rings is 2. The maximum absolute atomic E-state index is 12.6. The molecule has 0 unspecified atom stereocenters. The van der Waals surface area contributed by atoms with Crippen LogP contribution in [0.25, 0.3) is 0 Å². The van der Waals surface area contributed by atoms with Gasteiger partial charge >= 0.3 is 0 Å². The highest BCUT2D eigenvalue weighted by Gasteiger charge is 2.13. The van der Waals surface area contributed by atoms with Gasteiger partial charge in [-0.2, -0.15) is 0 Å². The van der Waals surface area contributed by atoms with Gasteiger partial charge in [0.1, 0.15) is 0 Å². The third kappa shape index (κ3) is 5.45. The summed E-state index contributed by atoms with van der Waals surface area (Å²) in [5, 5.41) is 0.493. The van der Waals surface area contributed by atoms with Crippen molar-refractivity contribution in [1.29, 1.82) is 0 Å². The molecule has 0 spiro atoms. The second-order valence-electron chi connectivity index (χ2n) is 7.40. The van der Waals surface area contributed by atoms with Gasteiger partial charge < -0.3 is 4.98 Å². The molecule has 1 aromatic heterocycles. The molecule has 150 valence electrons. The quantitative estimate of drug-likeness (QED) is 0.347. The van der Waals surface area contributed by atoms with Gasteiger partial charge in [-0.15, -0.1) is 0 Å². The predicted octanol–water partition coefficient (Wildman–Crippen LogP) is 4.82. The van der Waals surface area contributed by atoms with E-state index in [0.717, 1.165) is 16.8 Å². The average molecular weight is 407 g/mol. The molecule has 3 rings (SSSR count). The zero-order valence-electron chi connectivity index (χ0n) is 17.3. The third-order valence-electron chi connectivity index (χ3n) is 4.80. The maximum Gasteiger partial charge on any atom is 0.254 e. The number of thioether (sulfide) groups is 1. The number of hydrogen-bond acceptors (Lipinski definition) is 4. The summed E-state index contributed by atoms with van der Waals surface area (Å²) < 4.78 is 0. The second kappa shape index (κ2) is 9.23. The minimum atomic E-state index is -0.118. The Balaban J connectivity index is 1.82. The van der Waals surface area contributed by atoms with Crippen LogP contribution in [0.1, 0.15) is 50.8 Å². The van der Waals surface area contributed by atoms with Crippen molar-refractivity contribution in [1.82, 2.24) is 9.97 Å². The van der Waals surface area contributed by atoms with Crippen molar-refractivity contribution in [3.63, 3.8) is 0 Å². The van der Waals surface area contributed by atoms with Crippen LogP contribution in [0.2, 0.25) is 0 Å². The molecule has 0 aliphatic rings. The molecule has 2 aromatic carbocycles. The SMILES string of the molecule is CCc1c(Cc2cc(C)cc(C)c2)nc(SCC(=O)c2ccc(C)cc2)[nH]c1=O. The summed E-state index contributed by atoms with van der Waals surface area (Å²) in [5.74, 6) is 0.258. The Kier molecular flexibility index (Phi) is 6.70. The van der Waals surface area contributed by atoms with Crippen LogP contribution < -0.4 is 5.56 Å². The number of Topliss-reactive ketones (excluding diaryl/α,β-unsaturated/α-hetero) is 1. The van der Waals surface area contributed by atoms with Crippen LogP contribution in [0.5, 0.6) is 0 Å². The molecule has 0 fully saturated rings. The van der Waals surface area contributed by atoms with E-state index < -0.39 is 0 Å². The first kappa shape index (κ1) is 21.1. The van der Waals surface area contributed by atoms with Gasteiger partial charge in [0.25, 0.3) is 5.56 Å². The largest absolute Gasteiger partial charge is 0.301 e. The van der Waals surface area contributed by atoms with Gasteiger partial charge in [-0.3, -0.25) is 9.59 Å². The minimum Gasteiger partial charge on any atom is -0.301 e. The maximum atomic E-state index is 12.6. The van der Waals surface area contributed by atoms with Gasteiger partial charge in [0.2, 0.25) is 0 Å². The first-order chi connectivity index (χ1) is 13.9. The number of H-pyrrole nitrogens is 1. The van der Waals surface area contributed by atoms with Gasteiger partial charge in [-0.05, 0) is 32.8 Å². The smallest absolute Gasteiger partial charge is 0.254 e. The number of aromatic nitrogens is 2. The highest BCUT2D eigenvalue weighted by molar-refractivity contribution is 7.99. The monoisotopic (exact) mass is 406 g/mol. The van der Waals surface area contributed by atoms with Gasteiger partial charge in [0.05, 0.1) is 11.4 Å². The van der Waals surface area contributed by atoms with Gasteiger partial charge in [-0.1, -0.05) is 77.8 Å². The lowest BCUT2D eigenvalue weighted by molar-refractivity contribution is 0.102. The summed E-state index contributed by atoms with van der Waals surface area (Å²) in [7, 11) is 0. The van der Waals surface area contributed by atoms with Crippen molar-refractivity contribution in [2.24, 2.45) is 0 Å². The first-order valence-electron chi connectivity index (χ1n) is 9.77. The lowest BCUT2D eigenvalue weighted by atomic mass is 10.0. The molecular weight excluding hydrogens is 380 g/mol. The fraction of sp³-hybridized carbons (Fsp3) is 0.292. The van der Waals surface area contributed by atoms with E-state index >= 15 is 0 Å². The van der Waals surface area contributed by atoms with E-state index in [-0.39, 0.29) is 17.1 Å². The Morgan fingerprint density at radius 3 is 2.28 bits per heavy atom. The molecule has 29 heavy (non-hydrogen) atoms. The Morgan fingerprint density at radius 1 is 1.00 bits per heavy atom. The molecule has 0 saturated carbocycles. The van der Waals surface area contributed by atoms with E-state index in [1.807, 2.05) is 38.1 Å². The molecule has 0 aliphatic heterocycles. The fourth-order valence-electron chi connectivity index (χ4n) is 3.42.